The van der Waals surface area contributed by atoms with Crippen molar-refractivity contribution in [2.45, 2.75) is 19.4 Å². The monoisotopic (exact) mass is 193 g/mol. The van der Waals surface area contributed by atoms with E-state index in [1.165, 1.54) is 0 Å². The molecular formula is C10H15N3O. The lowest BCUT2D eigenvalue weighted by Gasteiger charge is -2.22. The number of likely N-dealkylation sites (N-methyl/N-ethyl adjacent to an activating group) is 1. The maximum Gasteiger partial charge on any atom is 0.237 e. The van der Waals surface area contributed by atoms with Crippen LogP contribution in [0.2, 0.25) is 0 Å². The number of nitrogens with zero attached hydrogens (tertiary/aromatic N) is 2. The largest absolute Gasteiger partial charge is 0.344 e. The van der Waals surface area contributed by atoms with Gasteiger partial charge in [-0.1, -0.05) is 5.92 Å². The summed E-state index contributed by atoms with van der Waals surface area (Å²) in [5.74, 6) is 2.22. The molecule has 0 bridgehead atoms. The van der Waals surface area contributed by atoms with Gasteiger partial charge in [-0.05, 0) is 14.0 Å². The van der Waals surface area contributed by atoms with Crippen LogP contribution >= 0.6 is 0 Å². The van der Waals surface area contributed by atoms with Crippen LogP contribution in [0.15, 0.2) is 0 Å². The molecule has 14 heavy (non-hydrogen) atoms. The molecule has 0 aliphatic heterocycles. The molecule has 0 fully saturated rings. The molecule has 0 aromatic rings. The standard InChI is InChI=1S/C10H15N3O/c1-4-7-12-10(14)9(2)13(3)8-5-6-11/h1,9H,5,7-8H2,2-3H3,(H,12,14). The highest BCUT2D eigenvalue weighted by Crippen LogP contribution is 1.96. The van der Waals surface area contributed by atoms with Crippen LogP contribution in [0, 0.1) is 23.7 Å². The van der Waals surface area contributed by atoms with Crippen molar-refractivity contribution in [2.24, 2.45) is 0 Å². The zero-order valence-electron chi connectivity index (χ0n) is 8.58. The number of amides is 1. The summed E-state index contributed by atoms with van der Waals surface area (Å²) in [6.45, 7) is 2.61. The van der Waals surface area contributed by atoms with Gasteiger partial charge in [0.15, 0.2) is 0 Å². The molecule has 0 aromatic carbocycles. The van der Waals surface area contributed by atoms with Gasteiger partial charge in [0.25, 0.3) is 0 Å². The molecule has 1 N–H and O–H groups in total. The van der Waals surface area contributed by atoms with Crippen molar-refractivity contribution in [3.63, 3.8) is 0 Å². The van der Waals surface area contributed by atoms with Crippen LogP contribution in [-0.2, 0) is 4.79 Å². The van der Waals surface area contributed by atoms with E-state index in [0.29, 0.717) is 13.0 Å². The summed E-state index contributed by atoms with van der Waals surface area (Å²) in [5.41, 5.74) is 0. The van der Waals surface area contributed by atoms with Crippen LogP contribution in [0.4, 0.5) is 0 Å². The third-order valence-corrected chi connectivity index (χ3v) is 1.98. The molecule has 0 aliphatic rings. The summed E-state index contributed by atoms with van der Waals surface area (Å²) in [5, 5.41) is 11.0. The Bertz CT molecular complexity index is 262. The van der Waals surface area contributed by atoms with Gasteiger partial charge in [0, 0.05) is 13.0 Å². The first-order valence-corrected chi connectivity index (χ1v) is 4.41. The van der Waals surface area contributed by atoms with Gasteiger partial charge in [0.05, 0.1) is 18.7 Å². The second-order valence-electron chi connectivity index (χ2n) is 2.99. The Balaban J connectivity index is 3.93. The minimum atomic E-state index is -0.253. The molecule has 0 spiro atoms. The second kappa shape index (κ2) is 6.94. The van der Waals surface area contributed by atoms with Gasteiger partial charge < -0.3 is 5.32 Å². The number of terminal acetylenes is 1. The summed E-state index contributed by atoms with van der Waals surface area (Å²) in [6.07, 6.45) is 5.43. The molecular weight excluding hydrogens is 178 g/mol. The van der Waals surface area contributed by atoms with Gasteiger partial charge in [-0.15, -0.1) is 6.42 Å². The quantitative estimate of drug-likeness (QED) is 0.624. The van der Waals surface area contributed by atoms with Crippen LogP contribution in [0.3, 0.4) is 0 Å². The molecule has 0 heterocycles. The summed E-state index contributed by atoms with van der Waals surface area (Å²) in [4.78, 5) is 13.2. The van der Waals surface area contributed by atoms with E-state index in [1.54, 1.807) is 14.0 Å². The minimum absolute atomic E-state index is 0.108. The number of hydrogen-bond acceptors (Lipinski definition) is 3. The Kier molecular flexibility index (Phi) is 6.19. The lowest BCUT2D eigenvalue weighted by molar-refractivity contribution is -0.125. The molecule has 0 radical (unpaired) electrons. The molecule has 1 atom stereocenters. The highest BCUT2D eigenvalue weighted by atomic mass is 16.2. The van der Waals surface area contributed by atoms with Crippen molar-refractivity contribution in [1.29, 1.82) is 5.26 Å². The fourth-order valence-electron chi connectivity index (χ4n) is 0.906. The Morgan fingerprint density at radius 2 is 2.36 bits per heavy atom. The summed E-state index contributed by atoms with van der Waals surface area (Å²) in [6, 6.07) is 1.78. The van der Waals surface area contributed by atoms with Crippen molar-refractivity contribution in [2.75, 3.05) is 20.1 Å². The van der Waals surface area contributed by atoms with E-state index in [2.05, 4.69) is 11.2 Å². The van der Waals surface area contributed by atoms with E-state index in [9.17, 15) is 4.79 Å². The highest BCUT2D eigenvalue weighted by molar-refractivity contribution is 5.81. The molecule has 4 heteroatoms. The maximum atomic E-state index is 11.4. The number of carbonyl (C=O) groups excluding carboxylic acids is 1. The topological polar surface area (TPSA) is 56.1 Å². The van der Waals surface area contributed by atoms with Gasteiger partial charge in [-0.25, -0.2) is 0 Å². The van der Waals surface area contributed by atoms with Crippen molar-refractivity contribution in [3.05, 3.63) is 0 Å². The predicted molar refractivity (Wildman–Crippen MR) is 54.2 cm³/mol. The van der Waals surface area contributed by atoms with Crippen LogP contribution in [-0.4, -0.2) is 37.0 Å². The number of rotatable bonds is 5. The number of nitrogens with one attached hydrogen (secondary N) is 1. The summed E-state index contributed by atoms with van der Waals surface area (Å²) >= 11 is 0. The number of carbonyl (C=O) groups is 1. The molecule has 76 valence electrons. The van der Waals surface area contributed by atoms with Crippen LogP contribution in [0.5, 0.6) is 0 Å². The molecule has 4 nitrogen and oxygen atoms in total. The van der Waals surface area contributed by atoms with Crippen LogP contribution in [0.1, 0.15) is 13.3 Å². The van der Waals surface area contributed by atoms with Crippen molar-refractivity contribution in [3.8, 4) is 18.4 Å². The second-order valence-corrected chi connectivity index (χ2v) is 2.99. The zero-order chi connectivity index (χ0) is 11.0. The molecule has 0 saturated carbocycles. The Morgan fingerprint density at radius 1 is 1.71 bits per heavy atom. The summed E-state index contributed by atoms with van der Waals surface area (Å²) < 4.78 is 0. The number of nitriles is 1. The highest BCUT2D eigenvalue weighted by Gasteiger charge is 2.16. The first-order valence-electron chi connectivity index (χ1n) is 4.41. The Labute approximate surface area is 84.9 Å². The van der Waals surface area contributed by atoms with E-state index < -0.39 is 0 Å². The third-order valence-electron chi connectivity index (χ3n) is 1.98. The lowest BCUT2D eigenvalue weighted by Crippen LogP contribution is -2.43. The van der Waals surface area contributed by atoms with E-state index in [1.807, 2.05) is 11.0 Å². The van der Waals surface area contributed by atoms with E-state index in [0.717, 1.165) is 0 Å². The van der Waals surface area contributed by atoms with E-state index in [-0.39, 0.29) is 18.5 Å². The molecule has 1 amide bonds. The van der Waals surface area contributed by atoms with Gasteiger partial charge in [0.2, 0.25) is 5.91 Å². The molecule has 0 aliphatic carbocycles. The predicted octanol–water partition coefficient (Wildman–Crippen LogP) is -0.0302. The molecule has 1 unspecified atom stereocenters. The van der Waals surface area contributed by atoms with Gasteiger partial charge in [-0.2, -0.15) is 5.26 Å². The van der Waals surface area contributed by atoms with Crippen LogP contribution in [0.25, 0.3) is 0 Å². The smallest absolute Gasteiger partial charge is 0.237 e. The average Bonchev–Trinajstić information content (AvgIpc) is 2.21. The van der Waals surface area contributed by atoms with Gasteiger partial charge in [-0.3, -0.25) is 9.69 Å². The summed E-state index contributed by atoms with van der Waals surface area (Å²) in [7, 11) is 1.80. The molecule has 0 saturated heterocycles. The maximum absolute atomic E-state index is 11.4. The molecule has 0 rings (SSSR count). The minimum Gasteiger partial charge on any atom is -0.344 e. The Morgan fingerprint density at radius 3 is 2.86 bits per heavy atom. The van der Waals surface area contributed by atoms with Crippen molar-refractivity contribution >= 4 is 5.91 Å². The van der Waals surface area contributed by atoms with E-state index in [4.69, 9.17) is 11.7 Å². The first-order chi connectivity index (χ1) is 6.63. The normalized spacial score (nSPS) is 11.5. The fourth-order valence-corrected chi connectivity index (χ4v) is 0.906. The van der Waals surface area contributed by atoms with Gasteiger partial charge in [0.1, 0.15) is 0 Å². The average molecular weight is 193 g/mol. The fraction of sp³-hybridized carbons (Fsp3) is 0.600. The van der Waals surface area contributed by atoms with Crippen LogP contribution < -0.4 is 5.32 Å². The first kappa shape index (κ1) is 12.5. The van der Waals surface area contributed by atoms with Crippen molar-refractivity contribution < 1.29 is 4.79 Å². The Hall–Kier alpha value is -1.52. The molecule has 0 aromatic heterocycles. The van der Waals surface area contributed by atoms with E-state index >= 15 is 0 Å². The zero-order valence-corrected chi connectivity index (χ0v) is 8.58. The van der Waals surface area contributed by atoms with Crippen molar-refractivity contribution in [1.82, 2.24) is 10.2 Å². The SMILES string of the molecule is C#CCNC(=O)C(C)N(C)CCC#N. The lowest BCUT2D eigenvalue weighted by atomic mass is 10.2. The third kappa shape index (κ3) is 4.49. The van der Waals surface area contributed by atoms with Gasteiger partial charge >= 0.3 is 0 Å². The number of hydrogen-bond donors (Lipinski definition) is 1.